The van der Waals surface area contributed by atoms with Crippen LogP contribution in [0.4, 0.5) is 5.95 Å². The number of fused-ring (bicyclic) bond motifs is 1. The number of carboxylic acid groups (broad SMARTS) is 3. The molecule has 3 atom stereocenters. The molecule has 2 aromatic carbocycles. The number of aromatic nitrogens is 4. The molecule has 4 aromatic rings. The number of aryl methyl sites for hydroxylation is 3. The Morgan fingerprint density at radius 3 is 2.15 bits per heavy atom. The van der Waals surface area contributed by atoms with Gasteiger partial charge in [-0.15, -0.1) is 0 Å². The minimum atomic E-state index is -4.42. The number of amides is 4. The lowest BCUT2D eigenvalue weighted by atomic mass is 10.1. The van der Waals surface area contributed by atoms with E-state index in [1.54, 1.807) is 41.5 Å². The van der Waals surface area contributed by atoms with Crippen molar-refractivity contribution in [2.24, 2.45) is 0 Å². The van der Waals surface area contributed by atoms with E-state index in [-0.39, 0.29) is 79.3 Å². The topological polar surface area (TPSA) is 354 Å². The molecule has 24 nitrogen and oxygen atoms in total. The number of likely N-dealkylation sites (N-methyl/N-ethyl adjacent to an activating group) is 1. The number of benzene rings is 2. The number of hydrogen-bond acceptors (Lipinski definition) is 14. The van der Waals surface area contributed by atoms with E-state index >= 15 is 0 Å². The largest absolute Gasteiger partial charge is 0.494 e. The molecule has 0 radical (unpaired) electrons. The van der Waals surface area contributed by atoms with Crippen LogP contribution in [0.3, 0.4) is 0 Å². The van der Waals surface area contributed by atoms with Crippen LogP contribution in [0.2, 0.25) is 0 Å². The van der Waals surface area contributed by atoms with Crippen LogP contribution >= 0.6 is 0 Å². The Morgan fingerprint density at radius 2 is 1.51 bits per heavy atom. The van der Waals surface area contributed by atoms with Gasteiger partial charge in [0.15, 0.2) is 5.95 Å². The fourth-order valence-corrected chi connectivity index (χ4v) is 8.49. The molecule has 0 fully saturated rings. The maximum atomic E-state index is 13.5. The van der Waals surface area contributed by atoms with E-state index in [1.807, 2.05) is 0 Å². The highest BCUT2D eigenvalue weighted by Gasteiger charge is 2.29. The highest BCUT2D eigenvalue weighted by Crippen LogP contribution is 2.26. The van der Waals surface area contributed by atoms with Gasteiger partial charge in [0.05, 0.1) is 29.3 Å². The molecule has 4 rings (SSSR count). The molecule has 0 aliphatic carbocycles. The summed E-state index contributed by atoms with van der Waals surface area (Å²) in [5.41, 5.74) is 1.53. The summed E-state index contributed by atoms with van der Waals surface area (Å²) in [6.45, 7) is 3.76. The van der Waals surface area contributed by atoms with Crippen molar-refractivity contribution in [3.63, 3.8) is 0 Å². The minimum Gasteiger partial charge on any atom is -0.494 e. The first kappa shape index (κ1) is 52.5. The van der Waals surface area contributed by atoms with Crippen molar-refractivity contribution in [1.82, 2.24) is 51.1 Å². The molecule has 364 valence electrons. The monoisotopic (exact) mass is 955 g/mol. The molecule has 4 amide bonds. The zero-order valence-corrected chi connectivity index (χ0v) is 38.0. The van der Waals surface area contributed by atoms with Gasteiger partial charge in [0, 0.05) is 75.3 Å². The number of ether oxygens (including phenoxy) is 1. The SMILES string of the molecule is CN[C@@H](CCC(=O)O)C(=O)NC(CCC(=O)O)C(=O)NCCNC(=O)CCCOc1cc(C)c(S(=O)(=O)N[C@@H](CNC(=O)c2ccc3c(cnn3CCCNc3ncc[nH]3)c2)C(=O)O)c(C)c1. The molecule has 25 heteroatoms. The first-order valence-electron chi connectivity index (χ1n) is 21.3. The summed E-state index contributed by atoms with van der Waals surface area (Å²) in [6.07, 6.45) is 5.01. The molecule has 11 N–H and O–H groups in total. The van der Waals surface area contributed by atoms with Gasteiger partial charge in [-0.25, -0.2) is 13.4 Å². The summed E-state index contributed by atoms with van der Waals surface area (Å²) in [7, 11) is -2.98. The number of aromatic amines is 1. The number of carbonyl (C=O) groups is 7. The Hall–Kier alpha value is -7.12. The fraction of sp³-hybridized carbons (Fsp3) is 0.452. The molecule has 2 aromatic heterocycles. The highest BCUT2D eigenvalue weighted by atomic mass is 32.2. The van der Waals surface area contributed by atoms with Gasteiger partial charge in [-0.1, -0.05) is 0 Å². The number of carbonyl (C=O) groups excluding carboxylic acids is 4. The van der Waals surface area contributed by atoms with E-state index in [2.05, 4.69) is 51.7 Å². The van der Waals surface area contributed by atoms with Crippen molar-refractivity contribution in [3.05, 3.63) is 65.6 Å². The Bertz CT molecular complexity index is 2460. The van der Waals surface area contributed by atoms with Crippen molar-refractivity contribution in [2.75, 3.05) is 45.2 Å². The lowest BCUT2D eigenvalue weighted by Gasteiger charge is -2.21. The Balaban J connectivity index is 1.20. The molecule has 0 bridgehead atoms. The van der Waals surface area contributed by atoms with Crippen molar-refractivity contribution in [1.29, 1.82) is 0 Å². The second-order valence-electron chi connectivity index (χ2n) is 15.3. The third-order valence-electron chi connectivity index (χ3n) is 10.2. The Kier molecular flexibility index (Phi) is 20.0. The number of aliphatic carboxylic acids is 3. The van der Waals surface area contributed by atoms with Crippen molar-refractivity contribution >= 4 is 68.4 Å². The average molecular weight is 956 g/mol. The molecule has 2 heterocycles. The van der Waals surface area contributed by atoms with E-state index < -0.39 is 76.7 Å². The van der Waals surface area contributed by atoms with Crippen molar-refractivity contribution < 1.29 is 62.0 Å². The van der Waals surface area contributed by atoms with Crippen LogP contribution in [0.25, 0.3) is 10.9 Å². The highest BCUT2D eigenvalue weighted by molar-refractivity contribution is 7.89. The van der Waals surface area contributed by atoms with Crippen molar-refractivity contribution in [3.8, 4) is 5.75 Å². The number of anilines is 1. The van der Waals surface area contributed by atoms with Crippen molar-refractivity contribution in [2.45, 2.75) is 88.4 Å². The third kappa shape index (κ3) is 16.7. The van der Waals surface area contributed by atoms with Crippen LogP contribution in [-0.4, -0.2) is 143 Å². The van der Waals surface area contributed by atoms with Crippen LogP contribution in [-0.2, 0) is 45.3 Å². The standard InChI is InChI=1S/C42H57N11O13S/c1-25-20-29(66-19-4-6-34(54)44-14-15-45-39(60)31(9-12-36(57)58)51-40(61)30(43-3)8-11-35(55)56)21-26(2)37(25)67(64,65)52-32(41(62)63)24-49-38(59)27-7-10-33-28(22-27)23-50-53(33)18-5-13-46-42-47-16-17-48-42/h7,10,16-17,20-23,30-32,43,52H,4-6,8-9,11-15,18-19,24H2,1-3H3,(H,44,54)(H,45,60)(H,49,59)(H,51,61)(H,55,56)(H,57,58)(H,62,63)(H2,46,47,48)/t30-,31?,32-/m0/s1. The average Bonchev–Trinajstić information content (AvgIpc) is 3.95. The molecule has 0 saturated heterocycles. The first-order valence-corrected chi connectivity index (χ1v) is 22.8. The summed E-state index contributed by atoms with van der Waals surface area (Å²) in [5.74, 6) is -5.18. The number of carboxylic acids is 3. The molecular formula is C42H57N11O13S. The maximum absolute atomic E-state index is 13.5. The van der Waals surface area contributed by atoms with Gasteiger partial charge in [-0.05, 0) is 88.0 Å². The van der Waals surface area contributed by atoms with Gasteiger partial charge in [0.2, 0.25) is 27.7 Å². The smallest absolute Gasteiger partial charge is 0.323 e. The summed E-state index contributed by atoms with van der Waals surface area (Å²) in [4.78, 5) is 92.1. The minimum absolute atomic E-state index is 0.0113. The zero-order chi connectivity index (χ0) is 49.1. The Morgan fingerprint density at radius 1 is 0.821 bits per heavy atom. The van der Waals surface area contributed by atoms with Gasteiger partial charge >= 0.3 is 17.9 Å². The van der Waals surface area contributed by atoms with Gasteiger partial charge in [0.1, 0.15) is 17.8 Å². The quantitative estimate of drug-likeness (QED) is 0.0312. The zero-order valence-electron chi connectivity index (χ0n) is 37.2. The molecule has 0 aliphatic heterocycles. The number of hydrogen-bond donors (Lipinski definition) is 11. The van der Waals surface area contributed by atoms with E-state index in [4.69, 9.17) is 14.9 Å². The first-order chi connectivity index (χ1) is 31.9. The maximum Gasteiger partial charge on any atom is 0.323 e. The second-order valence-corrected chi connectivity index (χ2v) is 17.0. The predicted octanol–water partition coefficient (Wildman–Crippen LogP) is 0.234. The lowest BCUT2D eigenvalue weighted by Crippen LogP contribution is -2.53. The number of H-pyrrole nitrogens is 1. The summed E-state index contributed by atoms with van der Waals surface area (Å²) in [6, 6.07) is 3.97. The third-order valence-corrected chi connectivity index (χ3v) is 11.9. The van der Waals surface area contributed by atoms with Crippen LogP contribution in [0.5, 0.6) is 5.75 Å². The van der Waals surface area contributed by atoms with Gasteiger partial charge in [-0.3, -0.25) is 38.2 Å². The number of rotatable bonds is 30. The summed E-state index contributed by atoms with van der Waals surface area (Å²) < 4.78 is 36.8. The molecular weight excluding hydrogens is 899 g/mol. The van der Waals surface area contributed by atoms with Gasteiger partial charge < -0.3 is 56.9 Å². The van der Waals surface area contributed by atoms with E-state index in [9.17, 15) is 47.1 Å². The van der Waals surface area contributed by atoms with Crippen LogP contribution in [0, 0.1) is 13.8 Å². The number of sulfonamides is 1. The van der Waals surface area contributed by atoms with E-state index in [0.717, 1.165) is 11.9 Å². The number of nitrogens with zero attached hydrogens (tertiary/aromatic N) is 3. The Labute approximate surface area is 385 Å². The molecule has 0 aliphatic rings. The summed E-state index contributed by atoms with van der Waals surface area (Å²) >= 11 is 0. The molecule has 1 unspecified atom stereocenters. The van der Waals surface area contributed by atoms with Gasteiger partial charge in [0.25, 0.3) is 5.91 Å². The van der Waals surface area contributed by atoms with Gasteiger partial charge in [-0.2, -0.15) is 9.82 Å². The van der Waals surface area contributed by atoms with Crippen LogP contribution < -0.4 is 41.4 Å². The predicted molar refractivity (Wildman–Crippen MR) is 241 cm³/mol. The lowest BCUT2D eigenvalue weighted by molar-refractivity contribution is -0.139. The van der Waals surface area contributed by atoms with Crippen LogP contribution in [0.1, 0.15) is 66.4 Å². The summed E-state index contributed by atoms with van der Waals surface area (Å²) in [5, 5.41) is 48.9. The normalized spacial score (nSPS) is 12.6. The molecule has 0 spiro atoms. The van der Waals surface area contributed by atoms with Crippen LogP contribution in [0.15, 0.2) is 53.8 Å². The molecule has 0 saturated carbocycles. The number of imidazole rings is 1. The fourth-order valence-electron chi connectivity index (χ4n) is 6.85. The molecule has 67 heavy (non-hydrogen) atoms. The number of nitrogens with one attached hydrogen (secondary N) is 8. The second kappa shape index (κ2) is 25.5. The van der Waals surface area contributed by atoms with E-state index in [0.29, 0.717) is 30.2 Å². The van der Waals surface area contributed by atoms with E-state index in [1.165, 1.54) is 33.0 Å².